The van der Waals surface area contributed by atoms with Gasteiger partial charge in [-0.25, -0.2) is 0 Å². The predicted molar refractivity (Wildman–Crippen MR) is 90.9 cm³/mol. The van der Waals surface area contributed by atoms with Gasteiger partial charge in [0, 0.05) is 4.70 Å². The molecule has 1 aliphatic carbocycles. The lowest BCUT2D eigenvalue weighted by Gasteiger charge is -2.27. The lowest BCUT2D eigenvalue weighted by Crippen LogP contribution is -2.33. The number of hydrogen-bond donors (Lipinski definition) is 1. The average Bonchev–Trinajstić information content (AvgIpc) is 3.09. The van der Waals surface area contributed by atoms with Crippen LogP contribution >= 0.6 is 11.3 Å². The van der Waals surface area contributed by atoms with Gasteiger partial charge in [0.1, 0.15) is 0 Å². The molecular formula is C19H19NS. The summed E-state index contributed by atoms with van der Waals surface area (Å²) in [6.45, 7) is 0.756. The van der Waals surface area contributed by atoms with E-state index in [0.29, 0.717) is 0 Å². The SMILES string of the molecule is NCC1(Cc2csc3ccccc23)Cc2ccccc2C1. The molecule has 106 valence electrons. The summed E-state index contributed by atoms with van der Waals surface area (Å²) in [6, 6.07) is 17.5. The maximum absolute atomic E-state index is 6.21. The van der Waals surface area contributed by atoms with Gasteiger partial charge in [0.2, 0.25) is 0 Å². The molecule has 2 N–H and O–H groups in total. The van der Waals surface area contributed by atoms with Crippen LogP contribution in [-0.4, -0.2) is 6.54 Å². The van der Waals surface area contributed by atoms with Gasteiger partial charge in [-0.15, -0.1) is 11.3 Å². The van der Waals surface area contributed by atoms with E-state index in [2.05, 4.69) is 53.9 Å². The first-order valence-corrected chi connectivity index (χ1v) is 8.40. The summed E-state index contributed by atoms with van der Waals surface area (Å²) >= 11 is 1.85. The van der Waals surface area contributed by atoms with E-state index in [1.54, 1.807) is 0 Å². The molecule has 0 spiro atoms. The summed E-state index contributed by atoms with van der Waals surface area (Å²) in [5.74, 6) is 0. The van der Waals surface area contributed by atoms with Gasteiger partial charge in [-0.3, -0.25) is 0 Å². The second-order valence-electron chi connectivity index (χ2n) is 6.26. The van der Waals surface area contributed by atoms with E-state index in [4.69, 9.17) is 5.73 Å². The third-order valence-electron chi connectivity index (χ3n) is 4.81. The standard InChI is InChI=1S/C19H19NS/c20-13-19(9-14-5-1-2-6-15(14)10-19)11-16-12-21-18-8-4-3-7-17(16)18/h1-8,12H,9-11,13,20H2. The molecule has 0 atom stereocenters. The Morgan fingerprint density at radius 1 is 0.952 bits per heavy atom. The van der Waals surface area contributed by atoms with E-state index in [1.807, 2.05) is 11.3 Å². The summed E-state index contributed by atoms with van der Waals surface area (Å²) in [4.78, 5) is 0. The molecule has 0 bridgehead atoms. The van der Waals surface area contributed by atoms with Crippen LogP contribution in [-0.2, 0) is 19.3 Å². The van der Waals surface area contributed by atoms with Crippen LogP contribution in [0.5, 0.6) is 0 Å². The summed E-state index contributed by atoms with van der Waals surface area (Å²) in [5, 5.41) is 3.73. The van der Waals surface area contributed by atoms with Crippen molar-refractivity contribution in [2.45, 2.75) is 19.3 Å². The van der Waals surface area contributed by atoms with Crippen molar-refractivity contribution in [1.29, 1.82) is 0 Å². The Labute approximate surface area is 129 Å². The van der Waals surface area contributed by atoms with Crippen molar-refractivity contribution >= 4 is 21.4 Å². The van der Waals surface area contributed by atoms with Crippen LogP contribution in [0.1, 0.15) is 16.7 Å². The molecule has 0 amide bonds. The van der Waals surface area contributed by atoms with Crippen molar-refractivity contribution in [1.82, 2.24) is 0 Å². The van der Waals surface area contributed by atoms with Crippen LogP contribution in [0.2, 0.25) is 0 Å². The van der Waals surface area contributed by atoms with Crippen LogP contribution < -0.4 is 5.73 Å². The Balaban J connectivity index is 1.70. The van der Waals surface area contributed by atoms with Gasteiger partial charge in [0.15, 0.2) is 0 Å². The smallest absolute Gasteiger partial charge is 0.0345 e. The molecular weight excluding hydrogens is 274 g/mol. The highest BCUT2D eigenvalue weighted by molar-refractivity contribution is 7.17. The van der Waals surface area contributed by atoms with Crippen molar-refractivity contribution in [2.24, 2.45) is 11.1 Å². The Bertz CT molecular complexity index is 762. The summed E-state index contributed by atoms with van der Waals surface area (Å²) in [6.07, 6.45) is 3.32. The second kappa shape index (κ2) is 4.97. The van der Waals surface area contributed by atoms with Gasteiger partial charge < -0.3 is 5.73 Å². The number of benzene rings is 2. The minimum absolute atomic E-state index is 0.202. The summed E-state index contributed by atoms with van der Waals surface area (Å²) < 4.78 is 1.38. The van der Waals surface area contributed by atoms with Gasteiger partial charge >= 0.3 is 0 Å². The lowest BCUT2D eigenvalue weighted by atomic mass is 9.79. The predicted octanol–water partition coefficient (Wildman–Crippen LogP) is 4.19. The maximum Gasteiger partial charge on any atom is 0.0345 e. The maximum atomic E-state index is 6.21. The molecule has 0 unspecified atom stereocenters. The zero-order chi connectivity index (χ0) is 14.3. The third kappa shape index (κ3) is 2.19. The fourth-order valence-electron chi connectivity index (χ4n) is 3.69. The second-order valence-corrected chi connectivity index (χ2v) is 7.17. The number of nitrogens with two attached hydrogens (primary N) is 1. The highest BCUT2D eigenvalue weighted by atomic mass is 32.1. The van der Waals surface area contributed by atoms with E-state index < -0.39 is 0 Å². The normalized spacial score (nSPS) is 16.2. The van der Waals surface area contributed by atoms with Crippen molar-refractivity contribution < 1.29 is 0 Å². The van der Waals surface area contributed by atoms with Crippen LogP contribution in [0.25, 0.3) is 10.1 Å². The first-order valence-electron chi connectivity index (χ1n) is 7.52. The molecule has 1 aliphatic rings. The number of rotatable bonds is 3. The van der Waals surface area contributed by atoms with Gasteiger partial charge in [-0.2, -0.15) is 0 Å². The number of fused-ring (bicyclic) bond motifs is 2. The largest absolute Gasteiger partial charge is 0.330 e. The molecule has 2 heteroatoms. The van der Waals surface area contributed by atoms with Gasteiger partial charge in [0.25, 0.3) is 0 Å². The fourth-order valence-corrected chi connectivity index (χ4v) is 4.65. The Hall–Kier alpha value is -1.64. The van der Waals surface area contributed by atoms with Crippen molar-refractivity contribution in [3.05, 3.63) is 70.6 Å². The molecule has 1 aromatic heterocycles. The molecule has 0 aliphatic heterocycles. The molecule has 21 heavy (non-hydrogen) atoms. The molecule has 1 nitrogen and oxygen atoms in total. The first kappa shape index (κ1) is 13.1. The fraction of sp³-hybridized carbons (Fsp3) is 0.263. The minimum Gasteiger partial charge on any atom is -0.330 e. The van der Waals surface area contributed by atoms with Gasteiger partial charge in [0.05, 0.1) is 0 Å². The molecule has 0 radical (unpaired) electrons. The molecule has 0 fully saturated rings. The number of hydrogen-bond acceptors (Lipinski definition) is 2. The van der Waals surface area contributed by atoms with Crippen molar-refractivity contribution in [2.75, 3.05) is 6.54 Å². The zero-order valence-corrected chi connectivity index (χ0v) is 12.8. The highest BCUT2D eigenvalue weighted by Gasteiger charge is 2.36. The third-order valence-corrected chi connectivity index (χ3v) is 5.82. The molecule has 0 saturated carbocycles. The van der Waals surface area contributed by atoms with Crippen molar-refractivity contribution in [3.63, 3.8) is 0 Å². The molecule has 2 aromatic carbocycles. The van der Waals surface area contributed by atoms with Crippen LogP contribution in [0.4, 0.5) is 0 Å². The average molecular weight is 293 g/mol. The van der Waals surface area contributed by atoms with E-state index >= 15 is 0 Å². The van der Waals surface area contributed by atoms with Crippen LogP contribution in [0.15, 0.2) is 53.9 Å². The Kier molecular flexibility index (Phi) is 3.09. The Morgan fingerprint density at radius 3 is 2.33 bits per heavy atom. The Morgan fingerprint density at radius 2 is 1.62 bits per heavy atom. The molecule has 3 aromatic rings. The molecule has 1 heterocycles. The lowest BCUT2D eigenvalue weighted by molar-refractivity contribution is 0.316. The highest BCUT2D eigenvalue weighted by Crippen LogP contribution is 2.41. The minimum atomic E-state index is 0.202. The molecule has 4 rings (SSSR count). The monoisotopic (exact) mass is 293 g/mol. The van der Waals surface area contributed by atoms with Gasteiger partial charge in [-0.05, 0) is 64.7 Å². The molecule has 0 saturated heterocycles. The summed E-state index contributed by atoms with van der Waals surface area (Å²) in [7, 11) is 0. The summed E-state index contributed by atoms with van der Waals surface area (Å²) in [5.41, 5.74) is 10.9. The topological polar surface area (TPSA) is 26.0 Å². The van der Waals surface area contributed by atoms with E-state index in [-0.39, 0.29) is 5.41 Å². The van der Waals surface area contributed by atoms with Crippen molar-refractivity contribution in [3.8, 4) is 0 Å². The number of thiophene rings is 1. The van der Waals surface area contributed by atoms with Gasteiger partial charge in [-0.1, -0.05) is 42.5 Å². The quantitative estimate of drug-likeness (QED) is 0.770. The zero-order valence-electron chi connectivity index (χ0n) is 12.0. The van der Waals surface area contributed by atoms with E-state index in [0.717, 1.165) is 25.8 Å². The van der Waals surface area contributed by atoms with E-state index in [9.17, 15) is 0 Å². The first-order chi connectivity index (χ1) is 10.3. The van der Waals surface area contributed by atoms with E-state index in [1.165, 1.54) is 26.8 Å². The van der Waals surface area contributed by atoms with Crippen LogP contribution in [0, 0.1) is 5.41 Å². The van der Waals surface area contributed by atoms with Crippen LogP contribution in [0.3, 0.4) is 0 Å².